The molecule has 26 heavy (non-hydrogen) atoms. The maximum absolute atomic E-state index is 12.7. The molecular weight excluding hydrogens is 358 g/mol. The molecule has 1 aliphatic rings. The third-order valence-electron chi connectivity index (χ3n) is 4.37. The second-order valence-corrected chi connectivity index (χ2v) is 8.20. The summed E-state index contributed by atoms with van der Waals surface area (Å²) >= 11 is 0. The number of carbonyl (C=O) groups is 2. The van der Waals surface area contributed by atoms with E-state index in [1.807, 2.05) is 12.1 Å². The monoisotopic (exact) mass is 384 g/mol. The predicted octanol–water partition coefficient (Wildman–Crippen LogP) is -0.589. The van der Waals surface area contributed by atoms with Gasteiger partial charge in [0, 0.05) is 0 Å². The molecule has 0 aliphatic carbocycles. The molecule has 144 valence electrons. The number of imide groups is 1. The smallest absolute Gasteiger partial charge is 0.413 e. The van der Waals surface area contributed by atoms with Crippen LogP contribution in [0.2, 0.25) is 0 Å². The first kappa shape index (κ1) is 20.3. The summed E-state index contributed by atoms with van der Waals surface area (Å²) in [6.45, 7) is 3.86. The number of ether oxygens (including phenoxy) is 1. The van der Waals surface area contributed by atoms with Crippen molar-refractivity contribution in [2.24, 2.45) is 0 Å². The summed E-state index contributed by atoms with van der Waals surface area (Å²) in [6, 6.07) is 7.02. The van der Waals surface area contributed by atoms with Crippen molar-refractivity contribution >= 4 is 22.0 Å². The van der Waals surface area contributed by atoms with Gasteiger partial charge in [-0.3, -0.25) is 10.1 Å². The number of alkyl carbamates (subject to hydrolysis) is 1. The van der Waals surface area contributed by atoms with Crippen molar-refractivity contribution in [3.05, 3.63) is 29.8 Å². The fourth-order valence-electron chi connectivity index (χ4n) is 2.92. The summed E-state index contributed by atoms with van der Waals surface area (Å²) in [5, 5.41) is 2.11. The molecule has 0 atom stereocenters. The Morgan fingerprint density at radius 3 is 2.35 bits per heavy atom. The van der Waals surface area contributed by atoms with E-state index in [1.165, 1.54) is 11.4 Å². The quantitative estimate of drug-likeness (QED) is 0.683. The van der Waals surface area contributed by atoms with E-state index in [9.17, 15) is 18.0 Å². The number of piperazine rings is 1. The van der Waals surface area contributed by atoms with Gasteiger partial charge < -0.3 is 9.64 Å². The fourth-order valence-corrected chi connectivity index (χ4v) is 4.36. The van der Waals surface area contributed by atoms with Crippen molar-refractivity contribution < 1.29 is 27.6 Å². The van der Waals surface area contributed by atoms with Gasteiger partial charge in [0.1, 0.15) is 0 Å². The number of hydrogen-bond donors (Lipinski definition) is 2. The van der Waals surface area contributed by atoms with Gasteiger partial charge in [0.2, 0.25) is 10.0 Å². The van der Waals surface area contributed by atoms with Crippen LogP contribution in [0.5, 0.6) is 0 Å². The lowest BCUT2D eigenvalue weighted by atomic mass is 10.1. The number of amides is 2. The lowest BCUT2D eigenvalue weighted by molar-refractivity contribution is -0.895. The molecule has 1 fully saturated rings. The SMILES string of the molecule is CCCc1ccc(S(=O)(=O)N2CC[NH+](CC(=O)NC(=O)OC)CC2)cc1. The van der Waals surface area contributed by atoms with E-state index in [1.54, 1.807) is 12.1 Å². The number of nitrogens with one attached hydrogen (secondary N) is 2. The summed E-state index contributed by atoms with van der Waals surface area (Å²) < 4.78 is 31.3. The van der Waals surface area contributed by atoms with Crippen molar-refractivity contribution in [2.45, 2.75) is 24.7 Å². The van der Waals surface area contributed by atoms with Crippen LogP contribution in [0.3, 0.4) is 0 Å². The Morgan fingerprint density at radius 2 is 1.81 bits per heavy atom. The highest BCUT2D eigenvalue weighted by Crippen LogP contribution is 2.17. The third-order valence-corrected chi connectivity index (χ3v) is 6.28. The average molecular weight is 384 g/mol. The topological polar surface area (TPSA) is 97.2 Å². The van der Waals surface area contributed by atoms with E-state index < -0.39 is 22.0 Å². The highest BCUT2D eigenvalue weighted by atomic mass is 32.2. The van der Waals surface area contributed by atoms with Crippen molar-refractivity contribution in [1.29, 1.82) is 0 Å². The van der Waals surface area contributed by atoms with Gasteiger partial charge in [-0.1, -0.05) is 25.5 Å². The van der Waals surface area contributed by atoms with Crippen LogP contribution in [0, 0.1) is 0 Å². The highest BCUT2D eigenvalue weighted by Gasteiger charge is 2.31. The van der Waals surface area contributed by atoms with Crippen LogP contribution >= 0.6 is 0 Å². The molecule has 2 N–H and O–H groups in total. The zero-order valence-electron chi connectivity index (χ0n) is 15.2. The summed E-state index contributed by atoms with van der Waals surface area (Å²) in [5.41, 5.74) is 1.12. The average Bonchev–Trinajstić information content (AvgIpc) is 2.62. The Morgan fingerprint density at radius 1 is 1.19 bits per heavy atom. The van der Waals surface area contributed by atoms with Gasteiger partial charge in [-0.15, -0.1) is 0 Å². The van der Waals surface area contributed by atoms with Gasteiger partial charge in [0.25, 0.3) is 5.91 Å². The molecule has 0 aromatic heterocycles. The molecule has 1 saturated heterocycles. The summed E-state index contributed by atoms with van der Waals surface area (Å²) in [7, 11) is -2.33. The van der Waals surface area contributed by atoms with Crippen LogP contribution in [-0.2, 0) is 26.0 Å². The first-order valence-electron chi connectivity index (χ1n) is 8.67. The zero-order valence-corrected chi connectivity index (χ0v) is 16.0. The number of aryl methyl sites for hydroxylation is 1. The van der Waals surface area contributed by atoms with Crippen molar-refractivity contribution in [3.8, 4) is 0 Å². The van der Waals surface area contributed by atoms with Gasteiger partial charge in [-0.2, -0.15) is 4.31 Å². The molecule has 0 unspecified atom stereocenters. The molecule has 0 spiro atoms. The van der Waals surface area contributed by atoms with Gasteiger partial charge in [0.15, 0.2) is 6.54 Å². The van der Waals surface area contributed by atoms with E-state index in [4.69, 9.17) is 0 Å². The van der Waals surface area contributed by atoms with E-state index in [0.29, 0.717) is 31.1 Å². The Kier molecular flexibility index (Phi) is 7.13. The van der Waals surface area contributed by atoms with Crippen LogP contribution in [0.25, 0.3) is 0 Å². The lowest BCUT2D eigenvalue weighted by Gasteiger charge is -2.31. The van der Waals surface area contributed by atoms with E-state index in [0.717, 1.165) is 23.3 Å². The van der Waals surface area contributed by atoms with Crippen LogP contribution in [-0.4, -0.2) is 64.6 Å². The predicted molar refractivity (Wildman–Crippen MR) is 95.3 cm³/mol. The molecule has 9 heteroatoms. The third kappa shape index (κ3) is 5.26. The lowest BCUT2D eigenvalue weighted by Crippen LogP contribution is -3.15. The minimum absolute atomic E-state index is 0.106. The van der Waals surface area contributed by atoms with Crippen molar-refractivity contribution in [1.82, 2.24) is 9.62 Å². The van der Waals surface area contributed by atoms with Gasteiger partial charge >= 0.3 is 6.09 Å². The molecule has 0 radical (unpaired) electrons. The minimum atomic E-state index is -3.52. The molecular formula is C17H26N3O5S+. The van der Waals surface area contributed by atoms with Crippen LogP contribution in [0.4, 0.5) is 4.79 Å². The maximum Gasteiger partial charge on any atom is 0.413 e. The normalized spacial score (nSPS) is 16.2. The number of rotatable bonds is 6. The Hall–Kier alpha value is -1.97. The molecule has 0 bridgehead atoms. The van der Waals surface area contributed by atoms with Gasteiger partial charge in [-0.25, -0.2) is 13.2 Å². The summed E-state index contributed by atoms with van der Waals surface area (Å²) in [6.07, 6.45) is 1.15. The first-order valence-corrected chi connectivity index (χ1v) is 10.1. The van der Waals surface area contributed by atoms with Gasteiger partial charge in [-0.05, 0) is 24.1 Å². The highest BCUT2D eigenvalue weighted by molar-refractivity contribution is 7.89. The summed E-state index contributed by atoms with van der Waals surface area (Å²) in [5.74, 6) is -0.435. The van der Waals surface area contributed by atoms with E-state index in [2.05, 4.69) is 17.0 Å². The Balaban J connectivity index is 1.91. The number of methoxy groups -OCH3 is 1. The Labute approximate surface area is 154 Å². The van der Waals surface area contributed by atoms with Crippen molar-refractivity contribution in [3.63, 3.8) is 0 Å². The van der Waals surface area contributed by atoms with Crippen molar-refractivity contribution in [2.75, 3.05) is 39.8 Å². The number of quaternary nitrogens is 1. The molecule has 0 saturated carbocycles. The molecule has 1 heterocycles. The number of sulfonamides is 1. The first-order chi connectivity index (χ1) is 12.4. The summed E-state index contributed by atoms with van der Waals surface area (Å²) in [4.78, 5) is 23.9. The minimum Gasteiger partial charge on any atom is -0.453 e. The molecule has 8 nitrogen and oxygen atoms in total. The molecule has 1 aromatic carbocycles. The number of benzene rings is 1. The molecule has 2 amide bonds. The molecule has 1 aromatic rings. The number of carbonyl (C=O) groups excluding carboxylic acids is 2. The molecule has 1 aliphatic heterocycles. The molecule has 2 rings (SSSR count). The number of hydrogen-bond acceptors (Lipinski definition) is 5. The second kappa shape index (κ2) is 9.11. The van der Waals surface area contributed by atoms with Crippen LogP contribution in [0.15, 0.2) is 29.2 Å². The van der Waals surface area contributed by atoms with Gasteiger partial charge in [0.05, 0.1) is 38.2 Å². The number of nitrogens with zero attached hydrogens (tertiary/aromatic N) is 1. The Bertz CT molecular complexity index is 725. The van der Waals surface area contributed by atoms with E-state index >= 15 is 0 Å². The van der Waals surface area contributed by atoms with Crippen LogP contribution in [0.1, 0.15) is 18.9 Å². The maximum atomic E-state index is 12.7. The largest absolute Gasteiger partial charge is 0.453 e. The standard InChI is InChI=1S/C17H25N3O5S/c1-3-4-14-5-7-15(8-6-14)26(23,24)20-11-9-19(10-12-20)13-16(21)18-17(22)25-2/h5-8H,3-4,9-13H2,1-2H3,(H,18,21,22)/p+1. The van der Waals surface area contributed by atoms with E-state index in [-0.39, 0.29) is 6.54 Å². The zero-order chi connectivity index (χ0) is 19.2. The fraction of sp³-hybridized carbons (Fsp3) is 0.529. The van der Waals surface area contributed by atoms with Crippen LogP contribution < -0.4 is 10.2 Å². The second-order valence-electron chi connectivity index (χ2n) is 6.26.